The van der Waals surface area contributed by atoms with Crippen LogP contribution in [0.4, 0.5) is 27.6 Å². The monoisotopic (exact) mass is 383 g/mol. The highest BCUT2D eigenvalue weighted by atomic mass is 35.5. The SMILES string of the molecule is [N-]=[N+]=Nc1cc(Cl)c(Cl)cc1Oc1c(F)cc(C(F)(F)F)cc1F. The van der Waals surface area contributed by atoms with Crippen LogP contribution >= 0.6 is 23.2 Å². The Morgan fingerprint density at radius 2 is 1.54 bits per heavy atom. The number of azide groups is 1. The van der Waals surface area contributed by atoms with E-state index in [9.17, 15) is 22.0 Å². The quantitative estimate of drug-likeness (QED) is 0.243. The number of nitrogens with zero attached hydrogens (tertiary/aromatic N) is 3. The normalized spacial score (nSPS) is 11.1. The van der Waals surface area contributed by atoms with Crippen molar-refractivity contribution in [2.24, 2.45) is 5.11 Å². The fourth-order valence-electron chi connectivity index (χ4n) is 1.66. The lowest BCUT2D eigenvalue weighted by Crippen LogP contribution is -2.07. The first-order valence-electron chi connectivity index (χ1n) is 5.91. The number of benzene rings is 2. The van der Waals surface area contributed by atoms with Crippen molar-refractivity contribution < 1.29 is 26.7 Å². The highest BCUT2D eigenvalue weighted by molar-refractivity contribution is 6.42. The van der Waals surface area contributed by atoms with Crippen molar-refractivity contribution in [1.29, 1.82) is 0 Å². The summed E-state index contributed by atoms with van der Waals surface area (Å²) < 4.78 is 70.0. The number of alkyl halides is 3. The molecular weight excluding hydrogens is 380 g/mol. The number of ether oxygens (including phenoxy) is 1. The Labute approximate surface area is 141 Å². The highest BCUT2D eigenvalue weighted by Gasteiger charge is 2.33. The summed E-state index contributed by atoms with van der Waals surface area (Å²) in [6.45, 7) is 0. The Bertz CT molecular complexity index is 827. The number of hydrogen-bond donors (Lipinski definition) is 0. The van der Waals surface area contributed by atoms with Crippen LogP contribution in [0.5, 0.6) is 11.5 Å². The van der Waals surface area contributed by atoms with Crippen LogP contribution in [0.1, 0.15) is 5.56 Å². The van der Waals surface area contributed by atoms with Crippen LogP contribution in [0, 0.1) is 11.6 Å². The van der Waals surface area contributed by atoms with Crippen molar-refractivity contribution in [2.75, 3.05) is 0 Å². The van der Waals surface area contributed by atoms with Gasteiger partial charge in [-0.25, -0.2) is 8.78 Å². The van der Waals surface area contributed by atoms with Gasteiger partial charge in [-0.05, 0) is 23.7 Å². The van der Waals surface area contributed by atoms with Crippen LogP contribution in [0.2, 0.25) is 10.0 Å². The predicted octanol–water partition coefficient (Wildman–Crippen LogP) is 7.02. The van der Waals surface area contributed by atoms with E-state index in [1.807, 2.05) is 0 Å². The van der Waals surface area contributed by atoms with Crippen molar-refractivity contribution in [3.63, 3.8) is 0 Å². The zero-order valence-electron chi connectivity index (χ0n) is 11.2. The summed E-state index contributed by atoms with van der Waals surface area (Å²) >= 11 is 11.4. The molecule has 0 spiro atoms. The van der Waals surface area contributed by atoms with Gasteiger partial charge in [-0.3, -0.25) is 0 Å². The van der Waals surface area contributed by atoms with E-state index in [4.69, 9.17) is 33.5 Å². The molecule has 0 N–H and O–H groups in total. The van der Waals surface area contributed by atoms with E-state index in [0.29, 0.717) is 0 Å². The highest BCUT2D eigenvalue weighted by Crippen LogP contribution is 2.41. The molecule has 2 rings (SSSR count). The number of hydrogen-bond acceptors (Lipinski definition) is 2. The molecule has 0 atom stereocenters. The Hall–Kier alpha value is -2.22. The van der Waals surface area contributed by atoms with Crippen molar-refractivity contribution >= 4 is 28.9 Å². The van der Waals surface area contributed by atoms with Crippen molar-refractivity contribution in [3.05, 3.63) is 62.0 Å². The fraction of sp³-hybridized carbons (Fsp3) is 0.0769. The molecule has 11 heteroatoms. The maximum atomic E-state index is 13.8. The Kier molecular flexibility index (Phi) is 5.08. The first kappa shape index (κ1) is 18.1. The average Bonchev–Trinajstić information content (AvgIpc) is 2.46. The van der Waals surface area contributed by atoms with Crippen molar-refractivity contribution in [1.82, 2.24) is 0 Å². The Morgan fingerprint density at radius 3 is 2.04 bits per heavy atom. The average molecular weight is 384 g/mol. The van der Waals surface area contributed by atoms with Gasteiger partial charge in [-0.15, -0.1) is 0 Å². The molecule has 2 aromatic rings. The molecule has 0 fully saturated rings. The molecule has 0 aromatic heterocycles. The lowest BCUT2D eigenvalue weighted by atomic mass is 10.2. The summed E-state index contributed by atoms with van der Waals surface area (Å²) in [4.78, 5) is 2.48. The number of rotatable bonds is 3. The third-order valence-corrected chi connectivity index (χ3v) is 3.41. The third kappa shape index (κ3) is 3.81. The summed E-state index contributed by atoms with van der Waals surface area (Å²) in [6.07, 6.45) is -4.93. The molecule has 0 amide bonds. The van der Waals surface area contributed by atoms with E-state index < -0.39 is 29.1 Å². The second kappa shape index (κ2) is 6.72. The minimum absolute atomic E-state index is 0.0280. The molecule has 0 saturated carbocycles. The summed E-state index contributed by atoms with van der Waals surface area (Å²) in [5, 5.41) is 3.09. The zero-order valence-corrected chi connectivity index (χ0v) is 12.7. The molecule has 2 aromatic carbocycles. The van der Waals surface area contributed by atoms with Crippen molar-refractivity contribution in [2.45, 2.75) is 6.18 Å². The third-order valence-electron chi connectivity index (χ3n) is 2.69. The van der Waals surface area contributed by atoms with Gasteiger partial charge in [0.25, 0.3) is 0 Å². The molecule has 0 heterocycles. The summed E-state index contributed by atoms with van der Waals surface area (Å²) in [5.74, 6) is -4.70. The molecule has 0 bridgehead atoms. The van der Waals surface area contributed by atoms with Gasteiger partial charge in [0, 0.05) is 11.0 Å². The first-order chi connectivity index (χ1) is 11.1. The molecule has 0 aliphatic rings. The first-order valence-corrected chi connectivity index (χ1v) is 6.67. The van der Waals surface area contributed by atoms with Gasteiger partial charge >= 0.3 is 6.18 Å². The van der Waals surface area contributed by atoms with E-state index in [-0.39, 0.29) is 33.6 Å². The van der Waals surface area contributed by atoms with E-state index in [1.165, 1.54) is 0 Å². The van der Waals surface area contributed by atoms with Gasteiger partial charge < -0.3 is 4.74 Å². The van der Waals surface area contributed by atoms with E-state index in [0.717, 1.165) is 12.1 Å². The standard InChI is InChI=1S/C13H4Cl2F5N3O/c14-6-3-10(22-23-21)11(4-7(6)15)24-12-8(16)1-5(2-9(12)17)13(18,19)20/h1-4H. The van der Waals surface area contributed by atoms with Crippen LogP contribution < -0.4 is 4.74 Å². The van der Waals surface area contributed by atoms with Gasteiger partial charge in [0.1, 0.15) is 5.75 Å². The van der Waals surface area contributed by atoms with Crippen LogP contribution in [-0.4, -0.2) is 0 Å². The van der Waals surface area contributed by atoms with Crippen LogP contribution in [0.15, 0.2) is 29.4 Å². The molecule has 126 valence electrons. The maximum Gasteiger partial charge on any atom is 0.416 e. The lowest BCUT2D eigenvalue weighted by Gasteiger charge is -2.13. The molecule has 0 unspecified atom stereocenters. The Morgan fingerprint density at radius 1 is 1.00 bits per heavy atom. The molecule has 0 aliphatic heterocycles. The molecule has 0 saturated heterocycles. The molecule has 24 heavy (non-hydrogen) atoms. The van der Waals surface area contributed by atoms with Crippen LogP contribution in [-0.2, 0) is 6.18 Å². The van der Waals surface area contributed by atoms with Gasteiger partial charge in [0.05, 0.1) is 21.3 Å². The smallest absolute Gasteiger partial charge is 0.416 e. The topological polar surface area (TPSA) is 58.0 Å². The van der Waals surface area contributed by atoms with E-state index in [2.05, 4.69) is 10.0 Å². The molecule has 4 nitrogen and oxygen atoms in total. The molecular formula is C13H4Cl2F5N3O. The summed E-state index contributed by atoms with van der Waals surface area (Å²) in [7, 11) is 0. The van der Waals surface area contributed by atoms with Gasteiger partial charge in [0.2, 0.25) is 0 Å². The largest absolute Gasteiger partial charge is 0.451 e. The van der Waals surface area contributed by atoms with Gasteiger partial charge in [-0.1, -0.05) is 28.3 Å². The van der Waals surface area contributed by atoms with Gasteiger partial charge in [-0.2, -0.15) is 13.2 Å². The zero-order chi connectivity index (χ0) is 18.1. The second-order valence-corrected chi connectivity index (χ2v) is 5.11. The van der Waals surface area contributed by atoms with Crippen LogP contribution in [0.25, 0.3) is 10.4 Å². The van der Waals surface area contributed by atoms with E-state index >= 15 is 0 Å². The Balaban J connectivity index is 2.53. The summed E-state index contributed by atoms with van der Waals surface area (Å²) in [5.41, 5.74) is 6.68. The number of halogens is 7. The fourth-order valence-corrected chi connectivity index (χ4v) is 1.97. The second-order valence-electron chi connectivity index (χ2n) is 4.29. The minimum Gasteiger partial charge on any atom is -0.451 e. The lowest BCUT2D eigenvalue weighted by molar-refractivity contribution is -0.138. The molecule has 0 aliphatic carbocycles. The van der Waals surface area contributed by atoms with Crippen LogP contribution in [0.3, 0.4) is 0 Å². The van der Waals surface area contributed by atoms with Gasteiger partial charge in [0.15, 0.2) is 17.4 Å². The minimum atomic E-state index is -4.93. The summed E-state index contributed by atoms with van der Waals surface area (Å²) in [6, 6.07) is 2.22. The van der Waals surface area contributed by atoms with Crippen molar-refractivity contribution in [3.8, 4) is 11.5 Å². The molecule has 0 radical (unpaired) electrons. The predicted molar refractivity (Wildman–Crippen MR) is 76.7 cm³/mol. The van der Waals surface area contributed by atoms with E-state index in [1.54, 1.807) is 0 Å². The maximum absolute atomic E-state index is 13.8.